The van der Waals surface area contributed by atoms with E-state index in [1.807, 2.05) is 0 Å². The highest BCUT2D eigenvalue weighted by atomic mass is 19.3. The standard InChI is InChI=1S/C11H17F2N3/c1-11(2)7(4-14)8(11)6-5-16(3)15-9(6)10(12)13/h5,7-8,10H,4,14H2,1-3H3. The molecule has 3 nitrogen and oxygen atoms in total. The fraction of sp³-hybridized carbons (Fsp3) is 0.727. The van der Waals surface area contributed by atoms with Gasteiger partial charge in [-0.05, 0) is 23.8 Å². The molecule has 2 rings (SSSR count). The molecule has 2 N–H and O–H groups in total. The third kappa shape index (κ3) is 1.54. The fourth-order valence-electron chi connectivity index (χ4n) is 2.73. The predicted molar refractivity (Wildman–Crippen MR) is 57.2 cm³/mol. The minimum atomic E-state index is -2.51. The maximum Gasteiger partial charge on any atom is 0.282 e. The first-order valence-electron chi connectivity index (χ1n) is 5.41. The quantitative estimate of drug-likeness (QED) is 0.862. The molecule has 0 radical (unpaired) electrons. The topological polar surface area (TPSA) is 43.8 Å². The Kier molecular flexibility index (Phi) is 2.53. The molecular formula is C11H17F2N3. The number of rotatable bonds is 3. The Morgan fingerprint density at radius 1 is 1.56 bits per heavy atom. The minimum Gasteiger partial charge on any atom is -0.330 e. The second-order valence-corrected chi connectivity index (χ2v) is 5.09. The number of nitrogens with two attached hydrogens (primary N) is 1. The summed E-state index contributed by atoms with van der Waals surface area (Å²) >= 11 is 0. The van der Waals surface area contributed by atoms with Gasteiger partial charge < -0.3 is 5.73 Å². The smallest absolute Gasteiger partial charge is 0.282 e. The highest BCUT2D eigenvalue weighted by Gasteiger charge is 2.58. The van der Waals surface area contributed by atoms with Crippen molar-refractivity contribution in [2.24, 2.45) is 24.1 Å². The third-order valence-corrected chi connectivity index (χ3v) is 3.73. The molecule has 1 aliphatic rings. The Bertz CT molecular complexity index is 398. The molecule has 0 spiro atoms. The molecule has 0 aliphatic heterocycles. The van der Waals surface area contributed by atoms with Gasteiger partial charge in [0.1, 0.15) is 5.69 Å². The summed E-state index contributed by atoms with van der Waals surface area (Å²) in [6.07, 6.45) is -0.810. The van der Waals surface area contributed by atoms with Crippen molar-refractivity contribution < 1.29 is 8.78 Å². The molecule has 90 valence electrons. The van der Waals surface area contributed by atoms with Gasteiger partial charge >= 0.3 is 0 Å². The van der Waals surface area contributed by atoms with Crippen LogP contribution in [0.5, 0.6) is 0 Å². The van der Waals surface area contributed by atoms with E-state index in [0.29, 0.717) is 12.1 Å². The van der Waals surface area contributed by atoms with Crippen molar-refractivity contribution in [1.29, 1.82) is 0 Å². The largest absolute Gasteiger partial charge is 0.330 e. The van der Waals surface area contributed by atoms with Crippen LogP contribution in [-0.4, -0.2) is 16.3 Å². The van der Waals surface area contributed by atoms with E-state index in [1.54, 1.807) is 13.2 Å². The highest BCUT2D eigenvalue weighted by Crippen LogP contribution is 2.64. The zero-order valence-corrected chi connectivity index (χ0v) is 9.74. The normalized spacial score (nSPS) is 27.4. The number of aryl methyl sites for hydroxylation is 1. The molecule has 1 saturated carbocycles. The maximum atomic E-state index is 12.8. The van der Waals surface area contributed by atoms with Gasteiger partial charge in [0.2, 0.25) is 0 Å². The first kappa shape index (κ1) is 11.5. The molecule has 0 saturated heterocycles. The van der Waals surface area contributed by atoms with E-state index in [-0.39, 0.29) is 22.9 Å². The summed E-state index contributed by atoms with van der Waals surface area (Å²) in [7, 11) is 1.67. The van der Waals surface area contributed by atoms with E-state index in [9.17, 15) is 8.78 Å². The maximum absolute atomic E-state index is 12.8. The molecule has 16 heavy (non-hydrogen) atoms. The van der Waals surface area contributed by atoms with Crippen LogP contribution < -0.4 is 5.73 Å². The molecule has 0 bridgehead atoms. The number of aromatic nitrogens is 2. The van der Waals surface area contributed by atoms with Crippen molar-refractivity contribution in [2.75, 3.05) is 6.54 Å². The van der Waals surface area contributed by atoms with Crippen molar-refractivity contribution in [3.63, 3.8) is 0 Å². The zero-order valence-electron chi connectivity index (χ0n) is 9.74. The average molecular weight is 229 g/mol. The summed E-state index contributed by atoms with van der Waals surface area (Å²) in [5, 5.41) is 3.83. The first-order valence-corrected chi connectivity index (χ1v) is 5.41. The van der Waals surface area contributed by atoms with Gasteiger partial charge in [0, 0.05) is 18.8 Å². The summed E-state index contributed by atoms with van der Waals surface area (Å²) in [5.41, 5.74) is 6.25. The predicted octanol–water partition coefficient (Wildman–Crippen LogP) is 2.06. The van der Waals surface area contributed by atoms with Crippen LogP contribution in [0.4, 0.5) is 8.78 Å². The van der Waals surface area contributed by atoms with Crippen LogP contribution in [-0.2, 0) is 7.05 Å². The number of hydrogen-bond acceptors (Lipinski definition) is 2. The molecule has 1 aromatic rings. The summed E-state index contributed by atoms with van der Waals surface area (Å²) in [6.45, 7) is 4.67. The number of hydrogen-bond donors (Lipinski definition) is 1. The molecule has 1 aliphatic carbocycles. The molecule has 2 unspecified atom stereocenters. The van der Waals surface area contributed by atoms with Crippen molar-refractivity contribution in [1.82, 2.24) is 9.78 Å². The molecule has 1 fully saturated rings. The minimum absolute atomic E-state index is 0.0153. The van der Waals surface area contributed by atoms with Gasteiger partial charge in [0.15, 0.2) is 0 Å². The number of halogens is 2. The van der Waals surface area contributed by atoms with E-state index >= 15 is 0 Å². The Balaban J connectivity index is 2.35. The van der Waals surface area contributed by atoms with Crippen molar-refractivity contribution >= 4 is 0 Å². The van der Waals surface area contributed by atoms with Crippen LogP contribution in [0.3, 0.4) is 0 Å². The van der Waals surface area contributed by atoms with Gasteiger partial charge in [-0.25, -0.2) is 8.78 Å². The van der Waals surface area contributed by atoms with Crippen LogP contribution >= 0.6 is 0 Å². The van der Waals surface area contributed by atoms with E-state index in [2.05, 4.69) is 18.9 Å². The van der Waals surface area contributed by atoms with Crippen LogP contribution in [0.2, 0.25) is 0 Å². The van der Waals surface area contributed by atoms with E-state index in [0.717, 1.165) is 0 Å². The molecular weight excluding hydrogens is 212 g/mol. The molecule has 0 amide bonds. The van der Waals surface area contributed by atoms with E-state index in [1.165, 1.54) is 4.68 Å². The third-order valence-electron chi connectivity index (χ3n) is 3.73. The van der Waals surface area contributed by atoms with Crippen molar-refractivity contribution in [3.8, 4) is 0 Å². The van der Waals surface area contributed by atoms with Crippen molar-refractivity contribution in [2.45, 2.75) is 26.2 Å². The highest BCUT2D eigenvalue weighted by molar-refractivity contribution is 5.34. The molecule has 5 heteroatoms. The lowest BCUT2D eigenvalue weighted by atomic mass is 10.0. The van der Waals surface area contributed by atoms with Gasteiger partial charge in [-0.2, -0.15) is 5.10 Å². The van der Waals surface area contributed by atoms with Gasteiger partial charge in [-0.15, -0.1) is 0 Å². The molecule has 0 aromatic carbocycles. The second-order valence-electron chi connectivity index (χ2n) is 5.09. The summed E-state index contributed by atoms with van der Waals surface area (Å²) in [6, 6.07) is 0. The summed E-state index contributed by atoms with van der Waals surface area (Å²) < 4.78 is 27.1. The fourth-order valence-corrected chi connectivity index (χ4v) is 2.73. The summed E-state index contributed by atoms with van der Waals surface area (Å²) in [5.74, 6) is 0.407. The lowest BCUT2D eigenvalue weighted by Gasteiger charge is -2.02. The van der Waals surface area contributed by atoms with Crippen LogP contribution in [0.15, 0.2) is 6.20 Å². The lowest BCUT2D eigenvalue weighted by Crippen LogP contribution is -2.05. The monoisotopic (exact) mass is 229 g/mol. The van der Waals surface area contributed by atoms with Crippen LogP contribution in [0.25, 0.3) is 0 Å². The Hall–Kier alpha value is -0.970. The van der Waals surface area contributed by atoms with Gasteiger partial charge in [0.05, 0.1) is 0 Å². The van der Waals surface area contributed by atoms with Gasteiger partial charge in [-0.1, -0.05) is 13.8 Å². The van der Waals surface area contributed by atoms with E-state index < -0.39 is 6.43 Å². The SMILES string of the molecule is Cn1cc(C2C(CN)C2(C)C)c(C(F)F)n1. The average Bonchev–Trinajstić information content (AvgIpc) is 2.52. The first-order chi connectivity index (χ1) is 7.39. The van der Waals surface area contributed by atoms with Gasteiger partial charge in [-0.3, -0.25) is 4.68 Å². The van der Waals surface area contributed by atoms with Crippen LogP contribution in [0.1, 0.15) is 37.4 Å². The lowest BCUT2D eigenvalue weighted by molar-refractivity contribution is 0.144. The molecule has 2 atom stereocenters. The zero-order chi connectivity index (χ0) is 12.1. The van der Waals surface area contributed by atoms with Gasteiger partial charge in [0.25, 0.3) is 6.43 Å². The second kappa shape index (κ2) is 3.52. The Morgan fingerprint density at radius 2 is 2.19 bits per heavy atom. The molecule has 1 heterocycles. The summed E-state index contributed by atoms with van der Waals surface area (Å²) in [4.78, 5) is 0. The Labute approximate surface area is 93.6 Å². The van der Waals surface area contributed by atoms with Crippen molar-refractivity contribution in [3.05, 3.63) is 17.5 Å². The number of nitrogens with zero attached hydrogens (tertiary/aromatic N) is 2. The Morgan fingerprint density at radius 3 is 2.62 bits per heavy atom. The molecule has 1 aromatic heterocycles. The van der Waals surface area contributed by atoms with E-state index in [4.69, 9.17) is 5.73 Å². The number of alkyl halides is 2. The van der Waals surface area contributed by atoms with Crippen LogP contribution in [0, 0.1) is 11.3 Å².